The van der Waals surface area contributed by atoms with Crippen molar-refractivity contribution in [1.29, 1.82) is 0 Å². The predicted molar refractivity (Wildman–Crippen MR) is 54.3 cm³/mol. The van der Waals surface area contributed by atoms with Gasteiger partial charge in [0.05, 0.1) is 10.9 Å². The van der Waals surface area contributed by atoms with Crippen LogP contribution >= 0.6 is 15.9 Å². The first-order valence-corrected chi connectivity index (χ1v) is 5.25. The Balaban J connectivity index is 3.23. The van der Waals surface area contributed by atoms with Crippen molar-refractivity contribution in [1.82, 2.24) is 0 Å². The van der Waals surface area contributed by atoms with Crippen molar-refractivity contribution in [2.75, 3.05) is 5.33 Å². The minimum Gasteiger partial charge on any atom is -0.293 e. The first-order chi connectivity index (χ1) is 6.86. The molecule has 0 aliphatic heterocycles. The number of aryl methyl sites for hydroxylation is 1. The number of alkyl halides is 4. The average Bonchev–Trinajstić information content (AvgIpc) is 2.15. The number of hydrogen-bond acceptors (Lipinski definition) is 1. The van der Waals surface area contributed by atoms with Gasteiger partial charge in [-0.05, 0) is 18.6 Å². The summed E-state index contributed by atoms with van der Waals surface area (Å²) in [4.78, 5) is 11.2. The Morgan fingerprint density at radius 1 is 1.40 bits per heavy atom. The normalized spacial score (nSPS) is 11.5. The minimum absolute atomic E-state index is 0.0212. The Morgan fingerprint density at radius 2 is 2.00 bits per heavy atom. The lowest BCUT2D eigenvalue weighted by Crippen LogP contribution is -2.10. The van der Waals surface area contributed by atoms with Gasteiger partial charge in [0.15, 0.2) is 5.78 Å². The molecule has 82 valence electrons. The van der Waals surface area contributed by atoms with Gasteiger partial charge in [-0.25, -0.2) is 0 Å². The summed E-state index contributed by atoms with van der Waals surface area (Å²) in [6, 6.07) is 3.59. The van der Waals surface area contributed by atoms with Crippen LogP contribution in [0.2, 0.25) is 0 Å². The van der Waals surface area contributed by atoms with Gasteiger partial charge >= 0.3 is 6.18 Å². The van der Waals surface area contributed by atoms with Crippen LogP contribution in [-0.2, 0) is 6.18 Å². The number of rotatable bonds is 2. The van der Waals surface area contributed by atoms with Gasteiger partial charge in [0.2, 0.25) is 0 Å². The van der Waals surface area contributed by atoms with Crippen LogP contribution < -0.4 is 0 Å². The standard InChI is InChI=1S/C10H8BrF3O/c1-6-2-3-7(9(15)5-11)4-8(6)10(12,13)14/h2-4H,5H2,1H3. The lowest BCUT2D eigenvalue weighted by Gasteiger charge is -2.11. The molecule has 0 saturated heterocycles. The van der Waals surface area contributed by atoms with E-state index >= 15 is 0 Å². The molecule has 0 radical (unpaired) electrons. The van der Waals surface area contributed by atoms with Crippen LogP contribution in [0.4, 0.5) is 13.2 Å². The van der Waals surface area contributed by atoms with Gasteiger partial charge in [0.1, 0.15) is 0 Å². The molecule has 0 fully saturated rings. The number of carbonyl (C=O) groups is 1. The van der Waals surface area contributed by atoms with Crippen molar-refractivity contribution in [2.24, 2.45) is 0 Å². The van der Waals surface area contributed by atoms with Gasteiger partial charge in [-0.2, -0.15) is 13.2 Å². The number of benzene rings is 1. The third-order valence-corrected chi connectivity index (χ3v) is 2.50. The second-order valence-electron chi connectivity index (χ2n) is 3.08. The minimum atomic E-state index is -4.41. The van der Waals surface area contributed by atoms with Crippen molar-refractivity contribution < 1.29 is 18.0 Å². The highest BCUT2D eigenvalue weighted by atomic mass is 79.9. The zero-order valence-corrected chi connectivity index (χ0v) is 9.45. The van der Waals surface area contributed by atoms with E-state index in [1.807, 2.05) is 0 Å². The SMILES string of the molecule is Cc1ccc(C(=O)CBr)cc1C(F)(F)F. The number of hydrogen-bond donors (Lipinski definition) is 0. The maximum Gasteiger partial charge on any atom is 0.416 e. The molecule has 0 amide bonds. The molecule has 0 atom stereocenters. The van der Waals surface area contributed by atoms with Crippen LogP contribution in [0.5, 0.6) is 0 Å². The van der Waals surface area contributed by atoms with E-state index in [-0.39, 0.29) is 22.2 Å². The van der Waals surface area contributed by atoms with Crippen molar-refractivity contribution in [3.05, 3.63) is 34.9 Å². The molecular formula is C10H8BrF3O. The van der Waals surface area contributed by atoms with E-state index in [9.17, 15) is 18.0 Å². The maximum absolute atomic E-state index is 12.5. The van der Waals surface area contributed by atoms with Crippen molar-refractivity contribution in [3.63, 3.8) is 0 Å². The highest BCUT2D eigenvalue weighted by Gasteiger charge is 2.32. The summed E-state index contributed by atoms with van der Waals surface area (Å²) in [6.07, 6.45) is -4.41. The number of Topliss-reactive ketones (excluding diaryl/α,β-unsaturated/α-hetero) is 1. The topological polar surface area (TPSA) is 17.1 Å². The van der Waals surface area contributed by atoms with E-state index in [2.05, 4.69) is 15.9 Å². The summed E-state index contributed by atoms with van der Waals surface area (Å²) in [5.41, 5.74) is -0.562. The first-order valence-electron chi connectivity index (χ1n) is 4.13. The molecule has 0 aliphatic rings. The molecule has 1 aromatic carbocycles. The average molecular weight is 281 g/mol. The number of ketones is 1. The summed E-state index contributed by atoms with van der Waals surface area (Å²) in [5, 5.41) is 0.0212. The highest BCUT2D eigenvalue weighted by molar-refractivity contribution is 9.09. The Bertz CT molecular complexity index is 385. The number of halogens is 4. The summed E-state index contributed by atoms with van der Waals surface area (Å²) < 4.78 is 37.4. The molecule has 0 spiro atoms. The van der Waals surface area contributed by atoms with Crippen molar-refractivity contribution >= 4 is 21.7 Å². The lowest BCUT2D eigenvalue weighted by atomic mass is 10.0. The van der Waals surface area contributed by atoms with Crippen LogP contribution in [0.3, 0.4) is 0 Å². The van der Waals surface area contributed by atoms with Gasteiger partial charge in [0, 0.05) is 5.56 Å². The van der Waals surface area contributed by atoms with E-state index in [4.69, 9.17) is 0 Å². The van der Waals surface area contributed by atoms with Gasteiger partial charge in [-0.1, -0.05) is 28.1 Å². The van der Waals surface area contributed by atoms with Crippen LogP contribution in [0, 0.1) is 6.92 Å². The first kappa shape index (κ1) is 12.2. The second-order valence-corrected chi connectivity index (χ2v) is 3.65. The van der Waals surface area contributed by atoms with Crippen LogP contribution in [-0.4, -0.2) is 11.1 Å². The molecule has 5 heteroatoms. The number of carbonyl (C=O) groups excluding carboxylic acids is 1. The molecule has 0 aromatic heterocycles. The molecule has 0 saturated carbocycles. The highest BCUT2D eigenvalue weighted by Crippen LogP contribution is 2.32. The molecule has 1 aromatic rings. The van der Waals surface area contributed by atoms with Crippen molar-refractivity contribution in [3.8, 4) is 0 Å². The zero-order valence-electron chi connectivity index (χ0n) is 7.86. The van der Waals surface area contributed by atoms with Gasteiger partial charge in [-0.3, -0.25) is 4.79 Å². The van der Waals surface area contributed by atoms with Crippen LogP contribution in [0.15, 0.2) is 18.2 Å². The molecule has 15 heavy (non-hydrogen) atoms. The molecule has 0 N–H and O–H groups in total. The molecule has 0 bridgehead atoms. The molecule has 0 aliphatic carbocycles. The largest absolute Gasteiger partial charge is 0.416 e. The monoisotopic (exact) mass is 280 g/mol. The van der Waals surface area contributed by atoms with E-state index in [1.54, 1.807) is 0 Å². The molecular weight excluding hydrogens is 273 g/mol. The van der Waals surface area contributed by atoms with E-state index < -0.39 is 11.7 Å². The molecule has 1 nitrogen and oxygen atoms in total. The maximum atomic E-state index is 12.5. The zero-order chi connectivity index (χ0) is 11.6. The molecule has 0 heterocycles. The molecule has 1 rings (SSSR count). The third-order valence-electron chi connectivity index (χ3n) is 1.99. The fraction of sp³-hybridized carbons (Fsp3) is 0.300. The smallest absolute Gasteiger partial charge is 0.293 e. The van der Waals surface area contributed by atoms with E-state index in [1.165, 1.54) is 19.1 Å². The third kappa shape index (κ3) is 2.81. The van der Waals surface area contributed by atoms with Gasteiger partial charge in [-0.15, -0.1) is 0 Å². The van der Waals surface area contributed by atoms with Crippen molar-refractivity contribution in [2.45, 2.75) is 13.1 Å². The van der Waals surface area contributed by atoms with Gasteiger partial charge in [0.25, 0.3) is 0 Å². The summed E-state index contributed by atoms with van der Waals surface area (Å²) in [6.45, 7) is 1.37. The fourth-order valence-corrected chi connectivity index (χ4v) is 1.50. The summed E-state index contributed by atoms with van der Waals surface area (Å²) >= 11 is 2.91. The van der Waals surface area contributed by atoms with E-state index in [0.29, 0.717) is 0 Å². The Morgan fingerprint density at radius 3 is 2.47 bits per heavy atom. The Hall–Kier alpha value is -0.840. The van der Waals surface area contributed by atoms with Gasteiger partial charge < -0.3 is 0 Å². The second kappa shape index (κ2) is 4.35. The Kier molecular flexibility index (Phi) is 3.54. The summed E-state index contributed by atoms with van der Waals surface area (Å²) in [7, 11) is 0. The fourth-order valence-electron chi connectivity index (χ4n) is 1.18. The van der Waals surface area contributed by atoms with Crippen LogP contribution in [0.25, 0.3) is 0 Å². The lowest BCUT2D eigenvalue weighted by molar-refractivity contribution is -0.138. The van der Waals surface area contributed by atoms with Crippen LogP contribution in [0.1, 0.15) is 21.5 Å². The van der Waals surface area contributed by atoms with E-state index in [0.717, 1.165) is 6.07 Å². The quantitative estimate of drug-likeness (QED) is 0.598. The summed E-state index contributed by atoms with van der Waals surface area (Å²) in [5.74, 6) is -0.361. The Labute approximate surface area is 93.4 Å². The predicted octanol–water partition coefficient (Wildman–Crippen LogP) is 3.59. The molecule has 0 unspecified atom stereocenters.